The summed E-state index contributed by atoms with van der Waals surface area (Å²) in [5, 5.41) is 3.04. The molecule has 40 heavy (non-hydrogen) atoms. The van der Waals surface area contributed by atoms with Crippen molar-refractivity contribution in [1.29, 1.82) is 0 Å². The molecular formula is C26H26F5N7O2. The highest BCUT2D eigenvalue weighted by Crippen LogP contribution is 2.38. The highest BCUT2D eigenvalue weighted by Gasteiger charge is 2.45. The number of hydrogen-bond donors (Lipinski definition) is 2. The molecule has 0 spiro atoms. The van der Waals surface area contributed by atoms with E-state index in [1.165, 1.54) is 24.4 Å². The molecule has 212 valence electrons. The van der Waals surface area contributed by atoms with Crippen LogP contribution in [-0.4, -0.2) is 68.2 Å². The number of carbonyl (C=O) groups excluding carboxylic acids is 1. The first-order chi connectivity index (χ1) is 19.0. The number of hydrogen-bond acceptors (Lipinski definition) is 8. The second-order valence-corrected chi connectivity index (χ2v) is 9.97. The molecule has 1 amide bonds. The van der Waals surface area contributed by atoms with E-state index in [1.54, 1.807) is 0 Å². The van der Waals surface area contributed by atoms with Gasteiger partial charge >= 0.3 is 6.18 Å². The van der Waals surface area contributed by atoms with Gasteiger partial charge in [0.2, 0.25) is 5.88 Å². The van der Waals surface area contributed by atoms with E-state index in [2.05, 4.69) is 41.8 Å². The highest BCUT2D eigenvalue weighted by molar-refractivity contribution is 5.97. The Bertz CT molecular complexity index is 1410. The molecule has 0 aromatic carbocycles. The third-order valence-electron chi connectivity index (χ3n) is 7.34. The van der Waals surface area contributed by atoms with Crippen LogP contribution >= 0.6 is 0 Å². The van der Waals surface area contributed by atoms with Gasteiger partial charge in [-0.3, -0.25) is 9.69 Å². The van der Waals surface area contributed by atoms with E-state index in [4.69, 9.17) is 5.73 Å². The van der Waals surface area contributed by atoms with E-state index < -0.39 is 47.5 Å². The Hall–Kier alpha value is -3.94. The van der Waals surface area contributed by atoms with Gasteiger partial charge in [-0.15, -0.1) is 0 Å². The lowest BCUT2D eigenvalue weighted by molar-refractivity contribution is -0.154. The Labute approximate surface area is 226 Å². The number of likely N-dealkylation sites (N-methyl/N-ethyl adjacent to an activating group) is 1. The molecule has 2 saturated heterocycles. The van der Waals surface area contributed by atoms with Crippen LogP contribution in [0.1, 0.15) is 43.0 Å². The zero-order valence-corrected chi connectivity index (χ0v) is 21.4. The van der Waals surface area contributed by atoms with Crippen LogP contribution in [-0.2, 0) is 0 Å². The second-order valence-electron chi connectivity index (χ2n) is 9.97. The van der Waals surface area contributed by atoms with Crippen LogP contribution in [0.25, 0.3) is 22.6 Å². The average Bonchev–Trinajstić information content (AvgIpc) is 2.93. The van der Waals surface area contributed by atoms with Gasteiger partial charge in [0, 0.05) is 30.4 Å². The summed E-state index contributed by atoms with van der Waals surface area (Å²) in [4.78, 5) is 31.3. The number of pyridine rings is 2. The number of alkyl halides is 3. The maximum atomic E-state index is 15.9. The first-order valence-corrected chi connectivity index (χ1v) is 12.7. The standard InChI is InChI=1S/C26H26F5N7O2/c1-2-38-12-25(7-5-15(38)6-8-25)37-24(39)16-9-17(14-3-4-19(33-10-14)40-13-26(29,30)31)35-21(20(16)27)18-11-34-23(32)22(28)36-18/h3-4,9-11,15H,2,5-8,12-13H2,1H3,(H2,32,34)(H,37,39). The SMILES string of the molecule is CCN1CC2(NC(=O)c3cc(-c4ccc(OCC(F)(F)F)nc4)nc(-c4cnc(N)c(F)n4)c3F)CCC1CC2. The summed E-state index contributed by atoms with van der Waals surface area (Å²) >= 11 is 0. The predicted molar refractivity (Wildman–Crippen MR) is 134 cm³/mol. The van der Waals surface area contributed by atoms with E-state index in [-0.39, 0.29) is 28.4 Å². The van der Waals surface area contributed by atoms with Crippen molar-refractivity contribution in [2.75, 3.05) is 25.4 Å². The van der Waals surface area contributed by atoms with Crippen LogP contribution in [0.15, 0.2) is 30.6 Å². The predicted octanol–water partition coefficient (Wildman–Crippen LogP) is 4.15. The molecule has 14 heteroatoms. The van der Waals surface area contributed by atoms with Crippen LogP contribution in [0.5, 0.6) is 5.88 Å². The molecule has 0 unspecified atom stereocenters. The lowest BCUT2D eigenvalue weighted by atomic mass is 9.73. The Kier molecular flexibility index (Phi) is 7.29. The smallest absolute Gasteiger partial charge is 0.422 e. The third-order valence-corrected chi connectivity index (χ3v) is 7.34. The fraction of sp³-hybridized carbons (Fsp3) is 0.423. The topological polar surface area (TPSA) is 119 Å². The summed E-state index contributed by atoms with van der Waals surface area (Å²) in [6.45, 7) is 2.00. The monoisotopic (exact) mass is 563 g/mol. The zero-order valence-electron chi connectivity index (χ0n) is 21.4. The van der Waals surface area contributed by atoms with Crippen molar-refractivity contribution >= 4 is 11.7 Å². The molecule has 1 aliphatic carbocycles. The van der Waals surface area contributed by atoms with Crippen LogP contribution in [0.3, 0.4) is 0 Å². The lowest BCUT2D eigenvalue weighted by Crippen LogP contribution is -2.65. The molecule has 3 aromatic heterocycles. The molecule has 2 aliphatic heterocycles. The van der Waals surface area contributed by atoms with Crippen molar-refractivity contribution in [3.63, 3.8) is 0 Å². The number of amides is 1. The first kappa shape index (κ1) is 27.6. The maximum absolute atomic E-state index is 15.9. The van der Waals surface area contributed by atoms with Crippen molar-refractivity contribution < 1.29 is 31.5 Å². The number of nitrogens with zero attached hydrogens (tertiary/aromatic N) is 5. The number of ether oxygens (including phenoxy) is 1. The van der Waals surface area contributed by atoms with Gasteiger partial charge < -0.3 is 15.8 Å². The summed E-state index contributed by atoms with van der Waals surface area (Å²) in [5.41, 5.74) is 4.07. The Morgan fingerprint density at radius 1 is 1.15 bits per heavy atom. The molecule has 1 saturated carbocycles. The minimum absolute atomic E-state index is 0.0514. The molecule has 3 N–H and O–H groups in total. The maximum Gasteiger partial charge on any atom is 0.422 e. The number of piperidine rings is 2. The van der Waals surface area contributed by atoms with Gasteiger partial charge in [0.1, 0.15) is 11.4 Å². The second kappa shape index (κ2) is 10.6. The zero-order chi connectivity index (χ0) is 28.7. The molecule has 9 nitrogen and oxygen atoms in total. The summed E-state index contributed by atoms with van der Waals surface area (Å²) in [5.74, 6) is -3.64. The van der Waals surface area contributed by atoms with Gasteiger partial charge in [-0.05, 0) is 44.4 Å². The average molecular weight is 564 g/mol. The molecule has 3 fully saturated rings. The number of fused-ring (bicyclic) bond motifs is 3. The minimum Gasteiger partial charge on any atom is -0.468 e. The van der Waals surface area contributed by atoms with Crippen molar-refractivity contribution in [2.24, 2.45) is 0 Å². The van der Waals surface area contributed by atoms with Crippen LogP contribution in [0.4, 0.5) is 27.8 Å². The van der Waals surface area contributed by atoms with E-state index in [1.807, 2.05) is 0 Å². The normalized spacial score (nSPS) is 20.9. The number of rotatable bonds is 7. The Morgan fingerprint density at radius 2 is 1.90 bits per heavy atom. The molecule has 2 bridgehead atoms. The Balaban J connectivity index is 1.52. The highest BCUT2D eigenvalue weighted by atomic mass is 19.4. The van der Waals surface area contributed by atoms with Gasteiger partial charge in [-0.2, -0.15) is 17.6 Å². The molecular weight excluding hydrogens is 537 g/mol. The van der Waals surface area contributed by atoms with Crippen LogP contribution < -0.4 is 15.8 Å². The van der Waals surface area contributed by atoms with Crippen molar-refractivity contribution in [1.82, 2.24) is 30.2 Å². The van der Waals surface area contributed by atoms with E-state index in [9.17, 15) is 22.4 Å². The number of nitrogens with two attached hydrogens (primary N) is 1. The van der Waals surface area contributed by atoms with Gasteiger partial charge in [-0.25, -0.2) is 24.3 Å². The molecule has 3 aliphatic rings. The van der Waals surface area contributed by atoms with Gasteiger partial charge in [0.05, 0.1) is 23.0 Å². The van der Waals surface area contributed by atoms with Crippen molar-refractivity contribution in [3.05, 3.63) is 47.9 Å². The fourth-order valence-electron chi connectivity index (χ4n) is 5.31. The van der Waals surface area contributed by atoms with Crippen molar-refractivity contribution in [2.45, 2.75) is 50.4 Å². The van der Waals surface area contributed by atoms with E-state index >= 15 is 4.39 Å². The van der Waals surface area contributed by atoms with E-state index in [0.717, 1.165) is 38.4 Å². The first-order valence-electron chi connectivity index (χ1n) is 12.7. The number of carbonyl (C=O) groups is 1. The van der Waals surface area contributed by atoms with Crippen LogP contribution in [0, 0.1) is 11.8 Å². The summed E-state index contributed by atoms with van der Waals surface area (Å²) in [6.07, 6.45) is 0.996. The minimum atomic E-state index is -4.54. The van der Waals surface area contributed by atoms with Gasteiger partial charge in [-0.1, -0.05) is 6.92 Å². The third kappa shape index (κ3) is 5.67. The van der Waals surface area contributed by atoms with Crippen LogP contribution in [0.2, 0.25) is 0 Å². The van der Waals surface area contributed by atoms with Gasteiger partial charge in [0.25, 0.3) is 11.9 Å². The quantitative estimate of drug-likeness (QED) is 0.412. The number of nitrogens with one attached hydrogen (secondary N) is 1. The fourth-order valence-corrected chi connectivity index (χ4v) is 5.31. The molecule has 3 aromatic rings. The summed E-state index contributed by atoms with van der Waals surface area (Å²) in [6, 6.07) is 4.23. The number of nitrogen functional groups attached to an aromatic ring is 1. The number of halogens is 5. The van der Waals surface area contributed by atoms with Gasteiger partial charge in [0.15, 0.2) is 18.2 Å². The van der Waals surface area contributed by atoms with Crippen molar-refractivity contribution in [3.8, 4) is 28.5 Å². The Morgan fingerprint density at radius 3 is 2.52 bits per heavy atom. The summed E-state index contributed by atoms with van der Waals surface area (Å²) in [7, 11) is 0. The lowest BCUT2D eigenvalue weighted by Gasteiger charge is -2.53. The number of anilines is 1. The van der Waals surface area contributed by atoms with E-state index in [0.29, 0.717) is 12.6 Å². The molecule has 6 rings (SSSR count). The molecule has 0 atom stereocenters. The largest absolute Gasteiger partial charge is 0.468 e. The molecule has 5 heterocycles. The number of aromatic nitrogens is 4. The molecule has 0 radical (unpaired) electrons. The summed E-state index contributed by atoms with van der Waals surface area (Å²) < 4.78 is 72.1.